The van der Waals surface area contributed by atoms with Crippen LogP contribution in [0, 0.1) is 0 Å². The van der Waals surface area contributed by atoms with Crippen LogP contribution in [0.2, 0.25) is 0 Å². The lowest BCUT2D eigenvalue weighted by atomic mass is 10.2. The van der Waals surface area contributed by atoms with Crippen molar-refractivity contribution >= 4 is 25.8 Å². The van der Waals surface area contributed by atoms with E-state index in [1.54, 1.807) is 0 Å². The first kappa shape index (κ1) is 14.5. The molecule has 96 valence electrons. The van der Waals surface area contributed by atoms with E-state index in [4.69, 9.17) is 0 Å². The molecule has 0 bridgehead atoms. The number of alkyl halides is 4. The summed E-state index contributed by atoms with van der Waals surface area (Å²) in [4.78, 5) is -0.667. The fraction of sp³-hybridized carbons (Fsp3) is 0.400. The Kier molecular flexibility index (Phi) is 4.24. The summed E-state index contributed by atoms with van der Waals surface area (Å²) in [6.45, 7) is 1.36. The lowest BCUT2D eigenvalue weighted by molar-refractivity contribution is -0.139. The van der Waals surface area contributed by atoms with E-state index in [1.807, 2.05) is 0 Å². The van der Waals surface area contributed by atoms with Crippen LogP contribution in [0.1, 0.15) is 12.5 Å². The summed E-state index contributed by atoms with van der Waals surface area (Å²) in [6, 6.07) is 4.20. The van der Waals surface area contributed by atoms with Gasteiger partial charge in [0.1, 0.15) is 0 Å². The summed E-state index contributed by atoms with van der Waals surface area (Å²) in [6.07, 6.45) is -4.67. The summed E-state index contributed by atoms with van der Waals surface area (Å²) in [5.41, 5.74) is -1.12. The van der Waals surface area contributed by atoms with Crippen LogP contribution < -0.4 is 0 Å². The van der Waals surface area contributed by atoms with Crippen LogP contribution in [0.5, 0.6) is 0 Å². The molecule has 0 aromatic heterocycles. The van der Waals surface area contributed by atoms with Crippen molar-refractivity contribution in [3.8, 4) is 0 Å². The summed E-state index contributed by atoms with van der Waals surface area (Å²) in [7, 11) is -3.97. The van der Waals surface area contributed by atoms with E-state index >= 15 is 0 Å². The molecule has 0 radical (unpaired) electrons. The molecule has 0 N–H and O–H groups in total. The van der Waals surface area contributed by atoms with Crippen molar-refractivity contribution < 1.29 is 21.6 Å². The molecule has 1 aromatic carbocycles. The van der Waals surface area contributed by atoms with Crippen LogP contribution in [0.4, 0.5) is 13.2 Å². The molecule has 0 heterocycles. The molecule has 1 rings (SSSR count). The molecule has 1 atom stereocenters. The van der Waals surface area contributed by atoms with Gasteiger partial charge in [0, 0.05) is 5.33 Å². The van der Waals surface area contributed by atoms with Crippen molar-refractivity contribution in [3.05, 3.63) is 29.8 Å². The molecule has 0 saturated heterocycles. The Morgan fingerprint density at radius 1 is 1.29 bits per heavy atom. The molecule has 7 heteroatoms. The van der Waals surface area contributed by atoms with E-state index in [-0.39, 0.29) is 5.33 Å². The highest BCUT2D eigenvalue weighted by Gasteiger charge is 2.38. The molecule has 0 fully saturated rings. The lowest BCUT2D eigenvalue weighted by Gasteiger charge is -2.15. The van der Waals surface area contributed by atoms with E-state index in [0.29, 0.717) is 0 Å². The van der Waals surface area contributed by atoms with Gasteiger partial charge in [-0.25, -0.2) is 8.42 Å². The summed E-state index contributed by atoms with van der Waals surface area (Å²) in [5, 5.41) is -0.826. The van der Waals surface area contributed by atoms with Crippen LogP contribution in [0.25, 0.3) is 0 Å². The fourth-order valence-corrected chi connectivity index (χ4v) is 3.65. The van der Waals surface area contributed by atoms with E-state index in [1.165, 1.54) is 19.1 Å². The Hall–Kier alpha value is -0.560. The highest BCUT2D eigenvalue weighted by molar-refractivity contribution is 9.09. The molecule has 0 saturated carbocycles. The zero-order valence-electron chi connectivity index (χ0n) is 8.83. The third-order valence-corrected chi connectivity index (χ3v) is 5.84. The van der Waals surface area contributed by atoms with Crippen LogP contribution >= 0.6 is 15.9 Å². The Morgan fingerprint density at radius 2 is 1.82 bits per heavy atom. The van der Waals surface area contributed by atoms with Gasteiger partial charge in [0.15, 0.2) is 9.84 Å². The minimum Gasteiger partial charge on any atom is -0.223 e. The van der Waals surface area contributed by atoms with Gasteiger partial charge in [-0.2, -0.15) is 13.2 Å². The second-order valence-corrected chi connectivity index (χ2v) is 6.49. The largest absolute Gasteiger partial charge is 0.417 e. The van der Waals surface area contributed by atoms with Crippen molar-refractivity contribution in [3.63, 3.8) is 0 Å². The summed E-state index contributed by atoms with van der Waals surface area (Å²) in [5.74, 6) is 0. The Balaban J connectivity index is 3.43. The van der Waals surface area contributed by atoms with Crippen molar-refractivity contribution in [2.45, 2.75) is 23.2 Å². The molecule has 0 aliphatic heterocycles. The normalized spacial score (nSPS) is 14.6. The summed E-state index contributed by atoms with van der Waals surface area (Å²) < 4.78 is 61.8. The zero-order valence-corrected chi connectivity index (χ0v) is 11.2. The van der Waals surface area contributed by atoms with Crippen molar-refractivity contribution in [2.75, 3.05) is 5.33 Å². The van der Waals surface area contributed by atoms with Gasteiger partial charge < -0.3 is 0 Å². The molecule has 17 heavy (non-hydrogen) atoms. The van der Waals surface area contributed by atoms with Crippen molar-refractivity contribution in [1.82, 2.24) is 0 Å². The van der Waals surface area contributed by atoms with Crippen LogP contribution in [-0.2, 0) is 16.0 Å². The molecule has 0 spiro atoms. The van der Waals surface area contributed by atoms with Gasteiger partial charge in [-0.1, -0.05) is 28.1 Å². The highest BCUT2D eigenvalue weighted by Crippen LogP contribution is 2.35. The monoisotopic (exact) mass is 330 g/mol. The number of sulfone groups is 1. The summed E-state index contributed by atoms with van der Waals surface area (Å²) >= 11 is 2.96. The smallest absolute Gasteiger partial charge is 0.223 e. The van der Waals surface area contributed by atoms with Crippen LogP contribution in [-0.4, -0.2) is 19.0 Å². The molecule has 1 aromatic rings. The SMILES string of the molecule is CC(CBr)S(=O)(=O)c1ccccc1C(F)(F)F. The van der Waals surface area contributed by atoms with Gasteiger partial charge in [0.25, 0.3) is 0 Å². The van der Waals surface area contributed by atoms with E-state index in [0.717, 1.165) is 12.1 Å². The maximum absolute atomic E-state index is 12.7. The number of hydrogen-bond donors (Lipinski definition) is 0. The second-order valence-electron chi connectivity index (χ2n) is 3.50. The average molecular weight is 331 g/mol. The Bertz CT molecular complexity index is 497. The number of halogens is 4. The predicted octanol–water partition coefficient (Wildman–Crippen LogP) is 3.26. The third kappa shape index (κ3) is 3.01. The van der Waals surface area contributed by atoms with Crippen LogP contribution in [0.3, 0.4) is 0 Å². The van der Waals surface area contributed by atoms with E-state index < -0.39 is 31.7 Å². The average Bonchev–Trinajstić information content (AvgIpc) is 2.26. The van der Waals surface area contributed by atoms with Gasteiger partial charge in [0.2, 0.25) is 0 Å². The standard InChI is InChI=1S/C10H10BrF3O2S/c1-7(6-11)17(15,16)9-5-3-2-4-8(9)10(12,13)14/h2-5,7H,6H2,1H3. The minimum absolute atomic E-state index is 0.0848. The van der Waals surface area contributed by atoms with Gasteiger partial charge in [-0.3, -0.25) is 0 Å². The number of hydrogen-bond acceptors (Lipinski definition) is 2. The quantitative estimate of drug-likeness (QED) is 0.797. The first-order valence-corrected chi connectivity index (χ1v) is 7.34. The van der Waals surface area contributed by atoms with E-state index in [2.05, 4.69) is 15.9 Å². The van der Waals surface area contributed by atoms with Gasteiger partial charge in [0.05, 0.1) is 15.7 Å². The third-order valence-electron chi connectivity index (χ3n) is 2.25. The molecule has 0 aliphatic rings. The first-order chi connectivity index (χ1) is 7.71. The predicted molar refractivity (Wildman–Crippen MR) is 61.9 cm³/mol. The molecular formula is C10H10BrF3O2S. The van der Waals surface area contributed by atoms with Gasteiger partial charge in [-0.05, 0) is 19.1 Å². The molecule has 0 aliphatic carbocycles. The Labute approximate surface area is 106 Å². The first-order valence-electron chi connectivity index (χ1n) is 4.67. The van der Waals surface area contributed by atoms with Crippen molar-refractivity contribution in [1.29, 1.82) is 0 Å². The maximum Gasteiger partial charge on any atom is 0.417 e. The zero-order chi connectivity index (χ0) is 13.3. The molecular weight excluding hydrogens is 321 g/mol. The lowest BCUT2D eigenvalue weighted by Crippen LogP contribution is -2.22. The van der Waals surface area contributed by atoms with E-state index in [9.17, 15) is 21.6 Å². The van der Waals surface area contributed by atoms with Crippen LogP contribution in [0.15, 0.2) is 29.2 Å². The Morgan fingerprint density at radius 3 is 2.29 bits per heavy atom. The minimum atomic E-state index is -4.67. The number of rotatable bonds is 3. The topological polar surface area (TPSA) is 34.1 Å². The van der Waals surface area contributed by atoms with Gasteiger partial charge in [-0.15, -0.1) is 0 Å². The second kappa shape index (κ2) is 4.97. The fourth-order valence-electron chi connectivity index (χ4n) is 1.25. The molecule has 2 nitrogen and oxygen atoms in total. The number of benzene rings is 1. The highest BCUT2D eigenvalue weighted by atomic mass is 79.9. The van der Waals surface area contributed by atoms with Crippen molar-refractivity contribution in [2.24, 2.45) is 0 Å². The molecule has 0 amide bonds. The maximum atomic E-state index is 12.7. The van der Waals surface area contributed by atoms with Gasteiger partial charge >= 0.3 is 6.18 Å². The molecule has 1 unspecified atom stereocenters.